The van der Waals surface area contributed by atoms with E-state index in [1.165, 1.54) is 41.0 Å². The summed E-state index contributed by atoms with van der Waals surface area (Å²) in [6.45, 7) is 0.445. The highest BCUT2D eigenvalue weighted by molar-refractivity contribution is 7.87. The van der Waals surface area contributed by atoms with E-state index in [0.29, 0.717) is 12.1 Å². The summed E-state index contributed by atoms with van der Waals surface area (Å²) < 4.78 is 47.9. The minimum absolute atomic E-state index is 0.0939. The molecule has 1 aliphatic heterocycles. The van der Waals surface area contributed by atoms with Crippen molar-refractivity contribution in [3.05, 3.63) is 51.4 Å². The molecular weight excluding hydrogens is 429 g/mol. The van der Waals surface area contributed by atoms with Gasteiger partial charge in [0.1, 0.15) is 12.0 Å². The number of nitrogens with zero attached hydrogens (tertiary/aromatic N) is 1. The molecule has 1 saturated heterocycles. The summed E-state index contributed by atoms with van der Waals surface area (Å²) in [4.78, 5) is 0.878. The van der Waals surface area contributed by atoms with Crippen LogP contribution in [-0.4, -0.2) is 50.4 Å². The Morgan fingerprint density at radius 3 is 2.93 bits per heavy atom. The quantitative estimate of drug-likeness (QED) is 0.565. The van der Waals surface area contributed by atoms with Crippen molar-refractivity contribution in [1.29, 1.82) is 0 Å². The van der Waals surface area contributed by atoms with Crippen LogP contribution in [-0.2, 0) is 14.9 Å². The zero-order valence-corrected chi connectivity index (χ0v) is 17.4. The molecule has 28 heavy (non-hydrogen) atoms. The minimum atomic E-state index is -3.85. The summed E-state index contributed by atoms with van der Waals surface area (Å²) >= 11 is 7.21. The zero-order chi connectivity index (χ0) is 20.3. The van der Waals surface area contributed by atoms with Gasteiger partial charge in [-0.3, -0.25) is 0 Å². The van der Waals surface area contributed by atoms with Crippen LogP contribution in [0.2, 0.25) is 5.02 Å². The van der Waals surface area contributed by atoms with Crippen molar-refractivity contribution in [2.45, 2.75) is 24.7 Å². The lowest BCUT2D eigenvalue weighted by molar-refractivity contribution is 0.115. The van der Waals surface area contributed by atoms with Gasteiger partial charge in [0.25, 0.3) is 10.2 Å². The average Bonchev–Trinajstić information content (AvgIpc) is 3.17. The maximum absolute atomic E-state index is 13.3. The van der Waals surface area contributed by atoms with Gasteiger partial charge in [0.15, 0.2) is 0 Å². The molecule has 2 aromatic rings. The van der Waals surface area contributed by atoms with Crippen LogP contribution in [0.4, 0.5) is 10.1 Å². The number of hydrogen-bond donors (Lipinski definition) is 3. The maximum atomic E-state index is 13.3. The van der Waals surface area contributed by atoms with Gasteiger partial charge in [-0.25, -0.2) is 4.39 Å². The molecule has 3 N–H and O–H groups in total. The van der Waals surface area contributed by atoms with E-state index in [9.17, 15) is 17.9 Å². The molecule has 3 atom stereocenters. The lowest BCUT2D eigenvalue weighted by atomic mass is 10.0. The van der Waals surface area contributed by atoms with Crippen molar-refractivity contribution in [3.63, 3.8) is 0 Å². The molecule has 1 aromatic carbocycles. The Balaban J connectivity index is 1.81. The molecule has 0 spiro atoms. The number of halogens is 2. The van der Waals surface area contributed by atoms with Crippen LogP contribution in [0.15, 0.2) is 35.7 Å². The molecule has 11 heteroatoms. The minimum Gasteiger partial charge on any atom is -0.383 e. The van der Waals surface area contributed by atoms with Crippen LogP contribution in [0, 0.1) is 5.82 Å². The van der Waals surface area contributed by atoms with Gasteiger partial charge in [0, 0.05) is 24.2 Å². The van der Waals surface area contributed by atoms with Crippen molar-refractivity contribution in [3.8, 4) is 0 Å². The molecule has 0 bridgehead atoms. The van der Waals surface area contributed by atoms with Gasteiger partial charge in [0.2, 0.25) is 0 Å². The molecule has 2 heterocycles. The Morgan fingerprint density at radius 2 is 2.29 bits per heavy atom. The fourth-order valence-corrected chi connectivity index (χ4v) is 5.77. The van der Waals surface area contributed by atoms with Gasteiger partial charge < -0.3 is 15.2 Å². The van der Waals surface area contributed by atoms with Crippen molar-refractivity contribution in [1.82, 2.24) is 9.03 Å². The fraction of sp³-hybridized carbons (Fsp3) is 0.412. The largest absolute Gasteiger partial charge is 0.383 e. The number of aliphatic hydroxyl groups is 1. The molecule has 154 valence electrons. The van der Waals surface area contributed by atoms with Crippen LogP contribution in [0.1, 0.15) is 17.3 Å². The van der Waals surface area contributed by atoms with E-state index in [1.54, 1.807) is 0 Å². The number of anilines is 1. The third-order valence-electron chi connectivity index (χ3n) is 4.44. The van der Waals surface area contributed by atoms with Crippen LogP contribution in [0.3, 0.4) is 0 Å². The van der Waals surface area contributed by atoms with E-state index in [0.717, 1.165) is 4.88 Å². The van der Waals surface area contributed by atoms with Gasteiger partial charge in [-0.2, -0.15) is 17.4 Å². The van der Waals surface area contributed by atoms with Gasteiger partial charge >= 0.3 is 0 Å². The SMILES string of the molecule is COCCN1[C@H](c2cccs2)C[C@H](C(O)Nc2ccc(F)c(Cl)c2)NS1(=O)=O. The topological polar surface area (TPSA) is 90.9 Å². The molecule has 1 aromatic heterocycles. The number of benzene rings is 1. The second-order valence-electron chi connectivity index (χ2n) is 6.32. The maximum Gasteiger partial charge on any atom is 0.280 e. The van der Waals surface area contributed by atoms with E-state index in [1.807, 2.05) is 17.5 Å². The summed E-state index contributed by atoms with van der Waals surface area (Å²) in [5.41, 5.74) is 0.382. The van der Waals surface area contributed by atoms with Crippen LogP contribution < -0.4 is 10.0 Å². The molecule has 0 saturated carbocycles. The molecule has 0 aliphatic carbocycles. The predicted molar refractivity (Wildman–Crippen MR) is 107 cm³/mol. The lowest BCUT2D eigenvalue weighted by Crippen LogP contribution is -2.58. The number of thiophene rings is 1. The highest BCUT2D eigenvalue weighted by atomic mass is 35.5. The van der Waals surface area contributed by atoms with Gasteiger partial charge in [0.05, 0.1) is 23.7 Å². The third-order valence-corrected chi connectivity index (χ3v) is 7.35. The van der Waals surface area contributed by atoms with Crippen molar-refractivity contribution >= 4 is 38.8 Å². The van der Waals surface area contributed by atoms with E-state index >= 15 is 0 Å². The molecule has 0 radical (unpaired) electrons. The number of hydrogen-bond acceptors (Lipinski definition) is 6. The molecule has 1 unspecified atom stereocenters. The zero-order valence-electron chi connectivity index (χ0n) is 15.0. The first-order chi connectivity index (χ1) is 13.3. The van der Waals surface area contributed by atoms with Gasteiger partial charge in [-0.1, -0.05) is 17.7 Å². The highest BCUT2D eigenvalue weighted by Gasteiger charge is 2.42. The average molecular weight is 450 g/mol. The number of nitrogens with one attached hydrogen (secondary N) is 2. The number of methoxy groups -OCH3 is 1. The Morgan fingerprint density at radius 1 is 1.50 bits per heavy atom. The molecule has 0 amide bonds. The van der Waals surface area contributed by atoms with Gasteiger partial charge in [-0.15, -0.1) is 11.3 Å². The second kappa shape index (κ2) is 9.04. The first kappa shape index (κ1) is 21.4. The smallest absolute Gasteiger partial charge is 0.280 e. The first-order valence-electron chi connectivity index (χ1n) is 8.53. The van der Waals surface area contributed by atoms with Crippen LogP contribution >= 0.6 is 22.9 Å². The van der Waals surface area contributed by atoms with Crippen LogP contribution in [0.5, 0.6) is 0 Å². The lowest BCUT2D eigenvalue weighted by Gasteiger charge is -2.40. The number of rotatable bonds is 7. The summed E-state index contributed by atoms with van der Waals surface area (Å²) in [7, 11) is -2.34. The standard InChI is InChI=1S/C17H21ClFN3O4S2/c1-26-7-6-22-15(16-3-2-8-27-16)10-14(21-28(22,24)25)17(23)20-11-4-5-13(19)12(18)9-11/h2-5,8-9,14-15,17,20-21,23H,6-7,10H2,1H3/t14-,15+,17?/m1/s1. The molecule has 3 rings (SSSR count). The number of ether oxygens (including phenoxy) is 1. The second-order valence-corrected chi connectivity index (χ2v) is 9.36. The predicted octanol–water partition coefficient (Wildman–Crippen LogP) is 2.57. The van der Waals surface area contributed by atoms with E-state index < -0.39 is 34.3 Å². The summed E-state index contributed by atoms with van der Waals surface area (Å²) in [5.74, 6) is -0.577. The van der Waals surface area contributed by atoms with Crippen molar-refractivity contribution in [2.24, 2.45) is 0 Å². The number of aliphatic hydroxyl groups excluding tert-OH is 1. The fourth-order valence-electron chi connectivity index (χ4n) is 3.08. The summed E-state index contributed by atoms with van der Waals surface area (Å²) in [5, 5.41) is 15.1. The Labute approximate surface area is 172 Å². The van der Waals surface area contributed by atoms with Crippen molar-refractivity contribution in [2.75, 3.05) is 25.6 Å². The Kier molecular flexibility index (Phi) is 6.92. The summed E-state index contributed by atoms with van der Waals surface area (Å²) in [6, 6.07) is 6.42. The van der Waals surface area contributed by atoms with Gasteiger partial charge in [-0.05, 0) is 36.1 Å². The van der Waals surface area contributed by atoms with Crippen LogP contribution in [0.25, 0.3) is 0 Å². The monoisotopic (exact) mass is 449 g/mol. The molecular formula is C17H21ClFN3O4S2. The van der Waals surface area contributed by atoms with E-state index in [2.05, 4.69) is 10.0 Å². The Bertz CT molecular complexity index is 898. The first-order valence-corrected chi connectivity index (χ1v) is 11.2. The molecule has 1 fully saturated rings. The van der Waals surface area contributed by atoms with E-state index in [-0.39, 0.29) is 18.2 Å². The molecule has 7 nitrogen and oxygen atoms in total. The highest BCUT2D eigenvalue weighted by Crippen LogP contribution is 2.35. The Hall–Kier alpha value is -1.27. The van der Waals surface area contributed by atoms with E-state index in [4.69, 9.17) is 16.3 Å². The third kappa shape index (κ3) is 4.82. The normalized spacial score (nSPS) is 23.4. The summed E-state index contributed by atoms with van der Waals surface area (Å²) in [6.07, 6.45) is -0.893. The molecule has 1 aliphatic rings. The van der Waals surface area contributed by atoms with Crippen molar-refractivity contribution < 1.29 is 22.7 Å².